The van der Waals surface area contributed by atoms with Crippen LogP contribution in [0.5, 0.6) is 0 Å². The van der Waals surface area contributed by atoms with Crippen LogP contribution in [0.3, 0.4) is 0 Å². The van der Waals surface area contributed by atoms with Crippen molar-refractivity contribution >= 4 is 11.8 Å². The highest BCUT2D eigenvalue weighted by atomic mass is 32.2. The smallest absolute Gasteiger partial charge is 0.209 e. The first-order chi connectivity index (χ1) is 9.24. The van der Waals surface area contributed by atoms with Gasteiger partial charge in [0.05, 0.1) is 6.54 Å². The van der Waals surface area contributed by atoms with Crippen molar-refractivity contribution in [3.63, 3.8) is 0 Å². The maximum atomic E-state index is 8.70. The highest BCUT2D eigenvalue weighted by molar-refractivity contribution is 7.99. The lowest BCUT2D eigenvalue weighted by molar-refractivity contribution is 0.284. The minimum atomic E-state index is 0.282. The first kappa shape index (κ1) is 16.4. The first-order valence-electron chi connectivity index (χ1n) is 6.94. The molecule has 0 atom stereocenters. The zero-order valence-electron chi connectivity index (χ0n) is 11.9. The van der Waals surface area contributed by atoms with E-state index in [2.05, 4.69) is 34.7 Å². The van der Waals surface area contributed by atoms with Crippen LogP contribution >= 0.6 is 11.8 Å². The average molecular weight is 287 g/mol. The number of rotatable bonds is 11. The number of aromatic nitrogens is 4. The predicted molar refractivity (Wildman–Crippen MR) is 77.2 cm³/mol. The van der Waals surface area contributed by atoms with Gasteiger partial charge in [-0.05, 0) is 35.7 Å². The van der Waals surface area contributed by atoms with Crippen LogP contribution in [0.15, 0.2) is 5.16 Å². The molecule has 0 bridgehead atoms. The van der Waals surface area contributed by atoms with Gasteiger partial charge in [-0.25, -0.2) is 4.68 Å². The molecule has 0 amide bonds. The second-order valence-electron chi connectivity index (χ2n) is 4.92. The van der Waals surface area contributed by atoms with Gasteiger partial charge in [0.1, 0.15) is 0 Å². The van der Waals surface area contributed by atoms with E-state index in [9.17, 15) is 0 Å². The SMILES string of the molecule is CC(C)CNCCn1nnnc1SCCCCCO. The predicted octanol–water partition coefficient (Wildman–Crippen LogP) is 1.17. The Morgan fingerprint density at radius 2 is 2.16 bits per heavy atom. The van der Waals surface area contributed by atoms with Crippen LogP contribution in [0.1, 0.15) is 33.1 Å². The maximum Gasteiger partial charge on any atom is 0.209 e. The number of nitrogens with zero attached hydrogens (tertiary/aromatic N) is 4. The molecule has 7 heteroatoms. The van der Waals surface area contributed by atoms with E-state index < -0.39 is 0 Å². The fraction of sp³-hybridized carbons (Fsp3) is 0.917. The summed E-state index contributed by atoms with van der Waals surface area (Å²) in [7, 11) is 0. The zero-order valence-corrected chi connectivity index (χ0v) is 12.7. The number of aliphatic hydroxyl groups is 1. The van der Waals surface area contributed by atoms with Crippen molar-refractivity contribution in [1.29, 1.82) is 0 Å². The van der Waals surface area contributed by atoms with Crippen molar-refractivity contribution < 1.29 is 5.11 Å². The molecule has 0 fully saturated rings. The molecule has 0 unspecified atom stereocenters. The molecule has 0 saturated carbocycles. The van der Waals surface area contributed by atoms with Crippen molar-refractivity contribution in [2.75, 3.05) is 25.4 Å². The Balaban J connectivity index is 2.18. The number of unbranched alkanes of at least 4 members (excludes halogenated alkanes) is 2. The first-order valence-corrected chi connectivity index (χ1v) is 7.93. The average Bonchev–Trinajstić information content (AvgIpc) is 2.82. The topological polar surface area (TPSA) is 75.9 Å². The number of thioether (sulfide) groups is 1. The van der Waals surface area contributed by atoms with E-state index in [0.29, 0.717) is 5.92 Å². The molecule has 0 saturated heterocycles. The number of nitrogens with one attached hydrogen (secondary N) is 1. The van der Waals surface area contributed by atoms with Crippen LogP contribution in [0.25, 0.3) is 0 Å². The van der Waals surface area contributed by atoms with E-state index >= 15 is 0 Å². The van der Waals surface area contributed by atoms with Crippen molar-refractivity contribution in [2.45, 2.75) is 44.8 Å². The summed E-state index contributed by atoms with van der Waals surface area (Å²) in [5.74, 6) is 1.66. The fourth-order valence-corrected chi connectivity index (χ4v) is 2.47. The van der Waals surface area contributed by atoms with Gasteiger partial charge < -0.3 is 10.4 Å². The van der Waals surface area contributed by atoms with Crippen molar-refractivity contribution in [3.8, 4) is 0 Å². The Kier molecular flexibility index (Phi) is 8.77. The Labute approximate surface area is 119 Å². The third kappa shape index (κ3) is 7.49. The lowest BCUT2D eigenvalue weighted by Crippen LogP contribution is -2.24. The molecule has 0 aliphatic heterocycles. The normalized spacial score (nSPS) is 11.4. The van der Waals surface area contributed by atoms with Crippen LogP contribution < -0.4 is 5.32 Å². The molecule has 0 radical (unpaired) electrons. The molecule has 1 heterocycles. The van der Waals surface area contributed by atoms with Crippen molar-refractivity contribution in [2.24, 2.45) is 5.92 Å². The molecule has 0 aliphatic rings. The molecule has 6 nitrogen and oxygen atoms in total. The lowest BCUT2D eigenvalue weighted by Gasteiger charge is -2.08. The number of hydrogen-bond donors (Lipinski definition) is 2. The Bertz CT molecular complexity index is 332. The molecule has 110 valence electrons. The minimum Gasteiger partial charge on any atom is -0.396 e. The molecule has 1 aromatic rings. The summed E-state index contributed by atoms with van der Waals surface area (Å²) in [6.45, 7) is 7.38. The van der Waals surface area contributed by atoms with E-state index in [1.54, 1.807) is 11.8 Å². The molecule has 2 N–H and O–H groups in total. The summed E-state index contributed by atoms with van der Waals surface area (Å²) in [6.07, 6.45) is 3.02. The van der Waals surface area contributed by atoms with Crippen molar-refractivity contribution in [3.05, 3.63) is 0 Å². The van der Waals surface area contributed by atoms with Gasteiger partial charge in [-0.3, -0.25) is 0 Å². The van der Waals surface area contributed by atoms with Gasteiger partial charge in [0.15, 0.2) is 0 Å². The highest BCUT2D eigenvalue weighted by Crippen LogP contribution is 2.15. The summed E-state index contributed by atoms with van der Waals surface area (Å²) < 4.78 is 1.85. The van der Waals surface area contributed by atoms with E-state index in [1.165, 1.54) is 0 Å². The summed E-state index contributed by atoms with van der Waals surface area (Å²) in [6, 6.07) is 0. The summed E-state index contributed by atoms with van der Waals surface area (Å²) in [5, 5.41) is 24.7. The summed E-state index contributed by atoms with van der Waals surface area (Å²) in [4.78, 5) is 0. The molecule has 0 spiro atoms. The van der Waals surface area contributed by atoms with E-state index in [0.717, 1.165) is 49.8 Å². The fourth-order valence-electron chi connectivity index (χ4n) is 1.57. The van der Waals surface area contributed by atoms with E-state index in [1.807, 2.05) is 4.68 Å². The molecular weight excluding hydrogens is 262 g/mol. The van der Waals surface area contributed by atoms with Gasteiger partial charge >= 0.3 is 0 Å². The van der Waals surface area contributed by atoms with Gasteiger partial charge in [0.25, 0.3) is 0 Å². The van der Waals surface area contributed by atoms with Crippen LogP contribution in [0.2, 0.25) is 0 Å². The highest BCUT2D eigenvalue weighted by Gasteiger charge is 2.06. The van der Waals surface area contributed by atoms with Crippen LogP contribution in [0.4, 0.5) is 0 Å². The van der Waals surface area contributed by atoms with Gasteiger partial charge in [0.2, 0.25) is 5.16 Å². The Morgan fingerprint density at radius 1 is 1.32 bits per heavy atom. The number of aliphatic hydroxyl groups excluding tert-OH is 1. The van der Waals surface area contributed by atoms with Crippen molar-refractivity contribution in [1.82, 2.24) is 25.5 Å². The quantitative estimate of drug-likeness (QED) is 0.470. The largest absolute Gasteiger partial charge is 0.396 e. The van der Waals surface area contributed by atoms with Crippen LogP contribution in [-0.2, 0) is 6.54 Å². The lowest BCUT2D eigenvalue weighted by atomic mass is 10.2. The van der Waals surface area contributed by atoms with Gasteiger partial charge in [-0.2, -0.15) is 0 Å². The molecule has 1 rings (SSSR count). The Morgan fingerprint density at radius 3 is 2.89 bits per heavy atom. The standard InChI is InChI=1S/C12H25N5OS/c1-11(2)10-13-6-7-17-12(14-15-16-17)19-9-5-3-4-8-18/h11,13,18H,3-10H2,1-2H3. The van der Waals surface area contributed by atoms with E-state index in [4.69, 9.17) is 5.11 Å². The second-order valence-corrected chi connectivity index (χ2v) is 5.98. The number of tetrazole rings is 1. The van der Waals surface area contributed by atoms with Gasteiger partial charge in [-0.15, -0.1) is 5.10 Å². The monoisotopic (exact) mass is 287 g/mol. The number of hydrogen-bond acceptors (Lipinski definition) is 6. The second kappa shape index (κ2) is 10.2. The molecule has 0 aliphatic carbocycles. The molecular formula is C12H25N5OS. The molecule has 1 aromatic heterocycles. The molecule has 0 aromatic carbocycles. The summed E-state index contributed by atoms with van der Waals surface area (Å²) in [5.41, 5.74) is 0. The Hall–Kier alpha value is -0.660. The zero-order chi connectivity index (χ0) is 13.9. The van der Waals surface area contributed by atoms with Crippen LogP contribution in [-0.4, -0.2) is 50.8 Å². The third-order valence-corrected chi connectivity index (χ3v) is 3.63. The van der Waals surface area contributed by atoms with E-state index in [-0.39, 0.29) is 6.61 Å². The van der Waals surface area contributed by atoms with Gasteiger partial charge in [-0.1, -0.05) is 32.0 Å². The molecule has 19 heavy (non-hydrogen) atoms. The minimum absolute atomic E-state index is 0.282. The van der Waals surface area contributed by atoms with Gasteiger partial charge in [0, 0.05) is 18.9 Å². The van der Waals surface area contributed by atoms with Crippen LogP contribution in [0, 0.1) is 5.92 Å². The third-order valence-electron chi connectivity index (χ3n) is 2.59. The maximum absolute atomic E-state index is 8.70. The summed E-state index contributed by atoms with van der Waals surface area (Å²) >= 11 is 1.69.